The Balaban J connectivity index is 1.68. The molecule has 1 heterocycles. The van der Waals surface area contributed by atoms with Crippen molar-refractivity contribution in [3.63, 3.8) is 0 Å². The summed E-state index contributed by atoms with van der Waals surface area (Å²) < 4.78 is 13.2. The van der Waals surface area contributed by atoms with E-state index in [1.165, 1.54) is 36.7 Å². The highest BCUT2D eigenvalue weighted by atomic mass is 19.1. The lowest BCUT2D eigenvalue weighted by Gasteiger charge is -2.09. The molecule has 1 aromatic heterocycles. The molecule has 2 aromatic carbocycles. The summed E-state index contributed by atoms with van der Waals surface area (Å²) in [5.74, 6) is -1.25. The van der Waals surface area contributed by atoms with Gasteiger partial charge in [-0.3, -0.25) is 14.6 Å². The lowest BCUT2D eigenvalue weighted by Crippen LogP contribution is -2.24. The summed E-state index contributed by atoms with van der Waals surface area (Å²) in [4.78, 5) is 28.7. The lowest BCUT2D eigenvalue weighted by atomic mass is 10.1. The van der Waals surface area contributed by atoms with Crippen LogP contribution < -0.4 is 10.6 Å². The molecule has 0 unspecified atom stereocenters. The summed E-state index contributed by atoms with van der Waals surface area (Å²) in [7, 11) is 0. The van der Waals surface area contributed by atoms with Crippen LogP contribution in [0.15, 0.2) is 67.0 Å². The van der Waals surface area contributed by atoms with Crippen molar-refractivity contribution in [1.29, 1.82) is 0 Å². The minimum absolute atomic E-state index is 0.211. The van der Waals surface area contributed by atoms with Crippen LogP contribution >= 0.6 is 0 Å². The van der Waals surface area contributed by atoms with Crippen molar-refractivity contribution in [1.82, 2.24) is 10.3 Å². The molecule has 136 valence electrons. The minimum Gasteiger partial charge on any atom is -0.348 e. The van der Waals surface area contributed by atoms with Crippen molar-refractivity contribution in [2.75, 3.05) is 5.32 Å². The van der Waals surface area contributed by atoms with Crippen LogP contribution in [0.4, 0.5) is 10.1 Å². The third-order valence-electron chi connectivity index (χ3n) is 4.05. The van der Waals surface area contributed by atoms with Gasteiger partial charge in [-0.25, -0.2) is 4.39 Å². The van der Waals surface area contributed by atoms with Crippen LogP contribution in [0.5, 0.6) is 0 Å². The highest BCUT2D eigenvalue weighted by Crippen LogP contribution is 2.12. The number of nitrogens with zero attached hydrogens (tertiary/aromatic N) is 1. The number of benzene rings is 2. The monoisotopic (exact) mass is 363 g/mol. The number of rotatable bonds is 5. The van der Waals surface area contributed by atoms with Crippen LogP contribution in [0.1, 0.15) is 31.8 Å². The van der Waals surface area contributed by atoms with Gasteiger partial charge in [0, 0.05) is 24.6 Å². The number of hydrogen-bond donors (Lipinski definition) is 2. The van der Waals surface area contributed by atoms with Crippen molar-refractivity contribution >= 4 is 17.5 Å². The molecule has 2 amide bonds. The molecule has 27 heavy (non-hydrogen) atoms. The lowest BCUT2D eigenvalue weighted by molar-refractivity contribution is 0.0950. The van der Waals surface area contributed by atoms with E-state index in [4.69, 9.17) is 0 Å². The molecule has 0 saturated heterocycles. The van der Waals surface area contributed by atoms with Gasteiger partial charge in [0.2, 0.25) is 0 Å². The first kappa shape index (κ1) is 18.3. The summed E-state index contributed by atoms with van der Waals surface area (Å²) in [5.41, 5.74) is 2.91. The Kier molecular flexibility index (Phi) is 5.56. The van der Waals surface area contributed by atoms with Gasteiger partial charge in [-0.05, 0) is 42.3 Å². The van der Waals surface area contributed by atoms with Crippen LogP contribution in [0, 0.1) is 12.7 Å². The summed E-state index contributed by atoms with van der Waals surface area (Å²) in [6.07, 6.45) is 2.75. The zero-order chi connectivity index (χ0) is 19.2. The molecule has 2 N–H and O–H groups in total. The fourth-order valence-electron chi connectivity index (χ4n) is 2.54. The normalized spacial score (nSPS) is 10.3. The van der Waals surface area contributed by atoms with Gasteiger partial charge in [0.15, 0.2) is 0 Å². The van der Waals surface area contributed by atoms with Gasteiger partial charge in [0.1, 0.15) is 5.82 Å². The van der Waals surface area contributed by atoms with E-state index >= 15 is 0 Å². The largest absolute Gasteiger partial charge is 0.348 e. The molecular weight excluding hydrogens is 345 g/mol. The molecule has 3 rings (SSSR count). The van der Waals surface area contributed by atoms with Crippen LogP contribution in [-0.2, 0) is 6.54 Å². The predicted molar refractivity (Wildman–Crippen MR) is 101 cm³/mol. The Bertz CT molecular complexity index is 988. The first-order chi connectivity index (χ1) is 13.0. The number of aryl methyl sites for hydroxylation is 1. The van der Waals surface area contributed by atoms with Crippen molar-refractivity contribution in [2.45, 2.75) is 13.5 Å². The van der Waals surface area contributed by atoms with E-state index in [9.17, 15) is 14.0 Å². The number of hydrogen-bond acceptors (Lipinski definition) is 3. The van der Waals surface area contributed by atoms with Crippen molar-refractivity contribution < 1.29 is 14.0 Å². The van der Waals surface area contributed by atoms with Gasteiger partial charge < -0.3 is 10.6 Å². The highest BCUT2D eigenvalue weighted by molar-refractivity contribution is 6.05. The summed E-state index contributed by atoms with van der Waals surface area (Å²) in [6.45, 7) is 2.35. The molecule has 0 fully saturated rings. The minimum atomic E-state index is -0.471. The van der Waals surface area contributed by atoms with Crippen molar-refractivity contribution in [2.24, 2.45) is 0 Å². The van der Waals surface area contributed by atoms with Gasteiger partial charge in [0.05, 0.1) is 11.1 Å². The number of carbonyl (C=O) groups excluding carboxylic acids is 2. The number of nitrogens with one attached hydrogen (secondary N) is 2. The Morgan fingerprint density at radius 1 is 0.963 bits per heavy atom. The van der Waals surface area contributed by atoms with Crippen LogP contribution in [0.2, 0.25) is 0 Å². The molecule has 5 nitrogen and oxygen atoms in total. The van der Waals surface area contributed by atoms with Crippen molar-refractivity contribution in [3.8, 4) is 0 Å². The molecular formula is C21H18FN3O2. The topological polar surface area (TPSA) is 71.1 Å². The van der Waals surface area contributed by atoms with E-state index in [0.717, 1.165) is 11.1 Å². The molecule has 3 aromatic rings. The first-order valence-electron chi connectivity index (χ1n) is 8.37. The van der Waals surface area contributed by atoms with E-state index in [1.54, 1.807) is 6.07 Å². The van der Waals surface area contributed by atoms with Gasteiger partial charge in [-0.1, -0.05) is 30.3 Å². The Morgan fingerprint density at radius 2 is 1.70 bits per heavy atom. The molecule has 6 heteroatoms. The third kappa shape index (κ3) is 4.76. The Morgan fingerprint density at radius 3 is 2.44 bits per heavy atom. The van der Waals surface area contributed by atoms with Crippen LogP contribution in [0.3, 0.4) is 0 Å². The summed E-state index contributed by atoms with van der Waals surface area (Å²) >= 11 is 0. The van der Waals surface area contributed by atoms with E-state index < -0.39 is 11.7 Å². The first-order valence-corrected chi connectivity index (χ1v) is 8.37. The number of pyridine rings is 1. The Labute approximate surface area is 156 Å². The molecule has 0 radical (unpaired) electrons. The SMILES string of the molecule is Cc1ccccc1CNC(=O)c1cncc(C(=O)Nc2cccc(F)c2)c1. The standard InChI is InChI=1S/C21H18FN3O2/c1-14-5-2-3-6-15(14)13-24-20(26)16-9-17(12-23-11-16)21(27)25-19-8-4-7-18(22)10-19/h2-12H,13H2,1H3,(H,24,26)(H,25,27). The third-order valence-corrected chi connectivity index (χ3v) is 4.05. The van der Waals surface area contributed by atoms with Crippen LogP contribution in [0.25, 0.3) is 0 Å². The number of carbonyl (C=O) groups is 2. The van der Waals surface area contributed by atoms with Crippen molar-refractivity contribution in [3.05, 3.63) is 95.1 Å². The average Bonchev–Trinajstić information content (AvgIpc) is 2.67. The predicted octanol–water partition coefficient (Wildman–Crippen LogP) is 3.71. The second-order valence-electron chi connectivity index (χ2n) is 6.04. The maximum absolute atomic E-state index is 13.2. The number of amides is 2. The molecule has 0 spiro atoms. The molecule has 0 bridgehead atoms. The average molecular weight is 363 g/mol. The molecule has 0 saturated carbocycles. The molecule has 0 aliphatic carbocycles. The smallest absolute Gasteiger partial charge is 0.257 e. The number of anilines is 1. The second-order valence-corrected chi connectivity index (χ2v) is 6.04. The Hall–Kier alpha value is -3.54. The van der Waals surface area contributed by atoms with E-state index in [-0.39, 0.29) is 17.0 Å². The van der Waals surface area contributed by atoms with E-state index in [1.807, 2.05) is 31.2 Å². The second kappa shape index (κ2) is 8.23. The van der Waals surface area contributed by atoms with Gasteiger partial charge in [-0.2, -0.15) is 0 Å². The maximum Gasteiger partial charge on any atom is 0.257 e. The number of halogens is 1. The number of aromatic nitrogens is 1. The van der Waals surface area contributed by atoms with E-state index in [0.29, 0.717) is 12.2 Å². The van der Waals surface area contributed by atoms with Gasteiger partial charge >= 0.3 is 0 Å². The quantitative estimate of drug-likeness (QED) is 0.726. The fraction of sp³-hybridized carbons (Fsp3) is 0.0952. The summed E-state index contributed by atoms with van der Waals surface area (Å²) in [6, 6.07) is 14.8. The summed E-state index contributed by atoms with van der Waals surface area (Å²) in [5, 5.41) is 5.40. The van der Waals surface area contributed by atoms with Crippen LogP contribution in [-0.4, -0.2) is 16.8 Å². The molecule has 0 atom stereocenters. The molecule has 0 aliphatic rings. The molecule has 0 aliphatic heterocycles. The van der Waals surface area contributed by atoms with Gasteiger partial charge in [0.25, 0.3) is 11.8 Å². The fourth-order valence-corrected chi connectivity index (χ4v) is 2.54. The highest BCUT2D eigenvalue weighted by Gasteiger charge is 2.12. The van der Waals surface area contributed by atoms with Gasteiger partial charge in [-0.15, -0.1) is 0 Å². The zero-order valence-corrected chi connectivity index (χ0v) is 14.7. The van der Waals surface area contributed by atoms with E-state index in [2.05, 4.69) is 15.6 Å². The zero-order valence-electron chi connectivity index (χ0n) is 14.7. The maximum atomic E-state index is 13.2.